The first kappa shape index (κ1) is 20.4. The Morgan fingerprint density at radius 3 is 2.24 bits per heavy atom. The van der Waals surface area contributed by atoms with Gasteiger partial charge in [0.1, 0.15) is 11.5 Å². The van der Waals surface area contributed by atoms with Crippen molar-refractivity contribution in [3.63, 3.8) is 0 Å². The lowest BCUT2D eigenvalue weighted by atomic mass is 10.2. The summed E-state index contributed by atoms with van der Waals surface area (Å²) in [5.74, 6) is -0.303. The molecule has 0 unspecified atom stereocenters. The summed E-state index contributed by atoms with van der Waals surface area (Å²) >= 11 is 5.96. The van der Waals surface area contributed by atoms with Crippen molar-refractivity contribution < 1.29 is 23.8 Å². The maximum atomic E-state index is 12.1. The van der Waals surface area contributed by atoms with E-state index in [-0.39, 0.29) is 6.61 Å². The summed E-state index contributed by atoms with van der Waals surface area (Å²) in [6.45, 7) is 0.00593. The Balaban J connectivity index is 1.44. The lowest BCUT2D eigenvalue weighted by Crippen LogP contribution is -2.17. The molecule has 6 heteroatoms. The molecule has 0 aliphatic rings. The zero-order valence-electron chi connectivity index (χ0n) is 15.5. The normalized spacial score (nSPS) is 10.2. The van der Waals surface area contributed by atoms with E-state index in [1.807, 2.05) is 30.3 Å². The van der Waals surface area contributed by atoms with Gasteiger partial charge >= 0.3 is 11.9 Å². The van der Waals surface area contributed by atoms with E-state index in [9.17, 15) is 9.59 Å². The molecule has 0 fully saturated rings. The third-order valence-electron chi connectivity index (χ3n) is 3.97. The summed E-state index contributed by atoms with van der Waals surface area (Å²) in [7, 11) is 0. The number of carbonyl (C=O) groups is 2. The molecule has 0 aliphatic heterocycles. The molecule has 0 aromatic heterocycles. The number of para-hydroxylation sites is 1. The highest BCUT2D eigenvalue weighted by atomic mass is 35.5. The molecule has 0 amide bonds. The van der Waals surface area contributed by atoms with Crippen molar-refractivity contribution in [3.8, 4) is 11.5 Å². The van der Waals surface area contributed by atoms with E-state index < -0.39 is 11.9 Å². The smallest absolute Gasteiger partial charge is 0.349 e. The lowest BCUT2D eigenvalue weighted by molar-refractivity contribution is -0.136. The quantitative estimate of drug-likeness (QED) is 0.397. The lowest BCUT2D eigenvalue weighted by Gasteiger charge is -2.08. The molecule has 0 aliphatic carbocycles. The average molecular weight is 411 g/mol. The van der Waals surface area contributed by atoms with Crippen molar-refractivity contribution in [1.82, 2.24) is 0 Å². The van der Waals surface area contributed by atoms with Crippen LogP contribution in [0.2, 0.25) is 5.02 Å². The van der Waals surface area contributed by atoms with Gasteiger partial charge in [-0.2, -0.15) is 0 Å². The Hall–Kier alpha value is -3.31. The fraction of sp³-hybridized carbons (Fsp3) is 0.130. The fourth-order valence-electron chi connectivity index (χ4n) is 2.51. The molecular weight excluding hydrogens is 392 g/mol. The minimum Gasteiger partial charge on any atom is -0.480 e. The second-order valence-electron chi connectivity index (χ2n) is 6.09. The summed E-state index contributed by atoms with van der Waals surface area (Å²) in [6.07, 6.45) is 0.647. The number of hydrogen-bond donors (Lipinski definition) is 0. The number of carbonyl (C=O) groups excluding carboxylic acids is 2. The highest BCUT2D eigenvalue weighted by molar-refractivity contribution is 6.32. The fourth-order valence-corrected chi connectivity index (χ4v) is 2.70. The third kappa shape index (κ3) is 6.36. The molecule has 0 saturated carbocycles. The zero-order valence-corrected chi connectivity index (χ0v) is 16.3. The molecule has 148 valence electrons. The van der Waals surface area contributed by atoms with Crippen LogP contribution in [-0.2, 0) is 16.0 Å². The van der Waals surface area contributed by atoms with Crippen molar-refractivity contribution >= 4 is 23.5 Å². The summed E-state index contributed by atoms with van der Waals surface area (Å²) < 4.78 is 15.8. The topological polar surface area (TPSA) is 61.8 Å². The Bertz CT molecular complexity index is 955. The molecule has 0 N–H and O–H groups in total. The Labute approximate surface area is 173 Å². The predicted octanol–water partition coefficient (Wildman–Crippen LogP) is 4.72. The van der Waals surface area contributed by atoms with Crippen LogP contribution in [0.25, 0.3) is 0 Å². The van der Waals surface area contributed by atoms with Crippen molar-refractivity contribution in [2.24, 2.45) is 0 Å². The van der Waals surface area contributed by atoms with E-state index in [4.69, 9.17) is 25.8 Å². The van der Waals surface area contributed by atoms with Crippen LogP contribution in [-0.4, -0.2) is 25.2 Å². The van der Waals surface area contributed by atoms with Crippen LogP contribution < -0.4 is 9.47 Å². The van der Waals surface area contributed by atoms with Crippen LogP contribution in [0.4, 0.5) is 0 Å². The van der Waals surface area contributed by atoms with Gasteiger partial charge in [-0.15, -0.1) is 0 Å². The molecule has 5 nitrogen and oxygen atoms in total. The van der Waals surface area contributed by atoms with Crippen LogP contribution in [0, 0.1) is 0 Å². The molecule has 3 rings (SSSR count). The maximum Gasteiger partial charge on any atom is 0.349 e. The molecule has 0 radical (unpaired) electrons. The van der Waals surface area contributed by atoms with Gasteiger partial charge in [-0.25, -0.2) is 9.59 Å². The van der Waals surface area contributed by atoms with Gasteiger partial charge in [-0.1, -0.05) is 54.1 Å². The molecular formula is C23H19ClO5. The van der Waals surface area contributed by atoms with Gasteiger partial charge in [0.05, 0.1) is 17.2 Å². The first-order valence-corrected chi connectivity index (χ1v) is 9.39. The largest absolute Gasteiger partial charge is 0.480 e. The molecule has 0 bridgehead atoms. The number of benzene rings is 3. The zero-order chi connectivity index (χ0) is 20.5. The molecule has 0 saturated heterocycles. The SMILES string of the molecule is O=C(COc1ccccc1Cl)Oc1ccc(C(=O)OCCc2ccccc2)cc1. The summed E-state index contributed by atoms with van der Waals surface area (Å²) in [5.41, 5.74) is 1.48. The van der Waals surface area contributed by atoms with Crippen LogP contribution in [0.5, 0.6) is 11.5 Å². The van der Waals surface area contributed by atoms with Crippen molar-refractivity contribution in [2.75, 3.05) is 13.2 Å². The molecule has 0 heterocycles. The number of ether oxygens (including phenoxy) is 3. The second-order valence-corrected chi connectivity index (χ2v) is 6.50. The Kier molecular flexibility index (Phi) is 7.25. The molecule has 29 heavy (non-hydrogen) atoms. The van der Waals surface area contributed by atoms with Gasteiger partial charge in [-0.3, -0.25) is 0 Å². The number of hydrogen-bond acceptors (Lipinski definition) is 5. The van der Waals surface area contributed by atoms with Crippen LogP contribution in [0.1, 0.15) is 15.9 Å². The van der Waals surface area contributed by atoms with Gasteiger partial charge in [-0.05, 0) is 42.0 Å². The first-order valence-electron chi connectivity index (χ1n) is 9.01. The monoisotopic (exact) mass is 410 g/mol. The van der Waals surface area contributed by atoms with E-state index in [1.54, 1.807) is 36.4 Å². The molecule has 0 spiro atoms. The van der Waals surface area contributed by atoms with Gasteiger partial charge < -0.3 is 14.2 Å². The minimum absolute atomic E-state index is 0.285. The number of halogens is 1. The summed E-state index contributed by atoms with van der Waals surface area (Å²) in [6, 6.07) is 22.8. The minimum atomic E-state index is -0.580. The van der Waals surface area contributed by atoms with Crippen LogP contribution >= 0.6 is 11.6 Å². The van der Waals surface area contributed by atoms with Crippen LogP contribution in [0.15, 0.2) is 78.9 Å². The summed E-state index contributed by atoms with van der Waals surface area (Å²) in [5, 5.41) is 0.412. The highest BCUT2D eigenvalue weighted by Gasteiger charge is 2.10. The van der Waals surface area contributed by atoms with Crippen molar-refractivity contribution in [1.29, 1.82) is 0 Å². The average Bonchev–Trinajstić information content (AvgIpc) is 2.74. The predicted molar refractivity (Wildman–Crippen MR) is 109 cm³/mol. The standard InChI is InChI=1S/C23H19ClO5/c24-20-8-4-5-9-21(20)28-16-22(25)29-19-12-10-18(11-13-19)23(26)27-15-14-17-6-2-1-3-7-17/h1-13H,14-16H2. The summed E-state index contributed by atoms with van der Waals surface area (Å²) in [4.78, 5) is 24.0. The van der Waals surface area contributed by atoms with Crippen LogP contribution in [0.3, 0.4) is 0 Å². The van der Waals surface area contributed by atoms with Gasteiger partial charge in [0.2, 0.25) is 0 Å². The van der Waals surface area contributed by atoms with E-state index >= 15 is 0 Å². The van der Waals surface area contributed by atoms with Gasteiger partial charge in [0.15, 0.2) is 6.61 Å². The van der Waals surface area contributed by atoms with Crippen molar-refractivity contribution in [2.45, 2.75) is 6.42 Å². The molecule has 3 aromatic carbocycles. The van der Waals surface area contributed by atoms with E-state index in [2.05, 4.69) is 0 Å². The van der Waals surface area contributed by atoms with E-state index in [1.165, 1.54) is 12.1 Å². The van der Waals surface area contributed by atoms with Gasteiger partial charge in [0, 0.05) is 6.42 Å². The highest BCUT2D eigenvalue weighted by Crippen LogP contribution is 2.23. The van der Waals surface area contributed by atoms with E-state index in [0.29, 0.717) is 35.1 Å². The number of esters is 2. The van der Waals surface area contributed by atoms with E-state index in [0.717, 1.165) is 5.56 Å². The first-order chi connectivity index (χ1) is 14.1. The maximum absolute atomic E-state index is 12.1. The second kappa shape index (κ2) is 10.3. The Morgan fingerprint density at radius 1 is 0.828 bits per heavy atom. The molecule has 3 aromatic rings. The third-order valence-corrected chi connectivity index (χ3v) is 4.28. The molecule has 0 atom stereocenters. The Morgan fingerprint density at radius 2 is 1.52 bits per heavy atom. The van der Waals surface area contributed by atoms with Crippen molar-refractivity contribution in [3.05, 3.63) is 95.0 Å². The number of rotatable bonds is 8. The van der Waals surface area contributed by atoms with Gasteiger partial charge in [0.25, 0.3) is 0 Å².